The molecule has 1 atom stereocenters. The predicted molar refractivity (Wildman–Crippen MR) is 121 cm³/mol. The third-order valence-corrected chi connectivity index (χ3v) is 5.53. The van der Waals surface area contributed by atoms with Crippen molar-refractivity contribution in [3.63, 3.8) is 0 Å². The molecule has 1 fully saturated rings. The first-order chi connectivity index (χ1) is 15.6. The SMILES string of the molecule is O=C(N[C@H]1CCN(c2nc(-c3ccccc3O)nc3ccc(F)cc23)C1)c1cccnc1.[HH]. The van der Waals surface area contributed by atoms with Crippen LogP contribution in [0.2, 0.25) is 0 Å². The first-order valence-electron chi connectivity index (χ1n) is 10.3. The van der Waals surface area contributed by atoms with E-state index < -0.39 is 0 Å². The van der Waals surface area contributed by atoms with Crippen LogP contribution >= 0.6 is 0 Å². The number of aromatic hydroxyl groups is 1. The maximum Gasteiger partial charge on any atom is 0.253 e. The number of halogens is 1. The van der Waals surface area contributed by atoms with Gasteiger partial charge in [0.1, 0.15) is 17.4 Å². The highest BCUT2D eigenvalue weighted by Gasteiger charge is 2.27. The van der Waals surface area contributed by atoms with E-state index in [9.17, 15) is 14.3 Å². The van der Waals surface area contributed by atoms with Crippen LogP contribution < -0.4 is 10.2 Å². The number of fused-ring (bicyclic) bond motifs is 1. The molecule has 1 amide bonds. The Morgan fingerprint density at radius 2 is 2.03 bits per heavy atom. The molecule has 0 bridgehead atoms. The first-order valence-corrected chi connectivity index (χ1v) is 10.3. The Kier molecular flexibility index (Phi) is 5.10. The summed E-state index contributed by atoms with van der Waals surface area (Å²) in [6.07, 6.45) is 3.87. The fourth-order valence-corrected chi connectivity index (χ4v) is 3.94. The van der Waals surface area contributed by atoms with E-state index in [0.29, 0.717) is 46.8 Å². The van der Waals surface area contributed by atoms with Crippen molar-refractivity contribution in [1.82, 2.24) is 20.3 Å². The molecule has 3 heterocycles. The summed E-state index contributed by atoms with van der Waals surface area (Å²) in [4.78, 5) is 27.7. The topological polar surface area (TPSA) is 91.2 Å². The van der Waals surface area contributed by atoms with Crippen molar-refractivity contribution in [2.45, 2.75) is 12.5 Å². The largest absolute Gasteiger partial charge is 0.507 e. The summed E-state index contributed by atoms with van der Waals surface area (Å²) in [5, 5.41) is 13.9. The molecule has 162 valence electrons. The number of phenolic OH excluding ortho intramolecular Hbond substituents is 1. The molecule has 1 saturated heterocycles. The molecule has 5 rings (SSSR count). The fourth-order valence-electron chi connectivity index (χ4n) is 3.94. The van der Waals surface area contributed by atoms with Gasteiger partial charge >= 0.3 is 0 Å². The average Bonchev–Trinajstić information content (AvgIpc) is 3.27. The summed E-state index contributed by atoms with van der Waals surface area (Å²) in [5.41, 5.74) is 1.58. The highest BCUT2D eigenvalue weighted by atomic mass is 19.1. The van der Waals surface area contributed by atoms with E-state index in [0.717, 1.165) is 6.42 Å². The molecule has 2 N–H and O–H groups in total. The van der Waals surface area contributed by atoms with Gasteiger partial charge in [0.05, 0.1) is 16.6 Å². The van der Waals surface area contributed by atoms with E-state index in [1.807, 2.05) is 4.90 Å². The van der Waals surface area contributed by atoms with Gasteiger partial charge in [0.15, 0.2) is 5.82 Å². The van der Waals surface area contributed by atoms with E-state index in [4.69, 9.17) is 4.98 Å². The number of carbonyl (C=O) groups is 1. The molecule has 1 aliphatic heterocycles. The van der Waals surface area contributed by atoms with Crippen molar-refractivity contribution in [1.29, 1.82) is 0 Å². The van der Waals surface area contributed by atoms with Crippen LogP contribution in [0.5, 0.6) is 5.75 Å². The third kappa shape index (κ3) is 3.82. The molecule has 4 aromatic rings. The molecule has 0 spiro atoms. The van der Waals surface area contributed by atoms with Gasteiger partial charge in [0, 0.05) is 38.3 Å². The minimum absolute atomic E-state index is 0. The lowest BCUT2D eigenvalue weighted by Crippen LogP contribution is -2.37. The van der Waals surface area contributed by atoms with Gasteiger partial charge < -0.3 is 15.3 Å². The molecule has 32 heavy (non-hydrogen) atoms. The van der Waals surface area contributed by atoms with Crippen molar-refractivity contribution < 1.29 is 15.7 Å². The number of hydrogen-bond acceptors (Lipinski definition) is 6. The van der Waals surface area contributed by atoms with Crippen LogP contribution in [0.15, 0.2) is 67.0 Å². The molecule has 1 aliphatic rings. The van der Waals surface area contributed by atoms with Gasteiger partial charge in [0.2, 0.25) is 0 Å². The maximum atomic E-state index is 14.1. The number of carbonyl (C=O) groups excluding carboxylic acids is 1. The van der Waals surface area contributed by atoms with Crippen LogP contribution in [0.1, 0.15) is 18.2 Å². The summed E-state index contributed by atoms with van der Waals surface area (Å²) in [7, 11) is 0. The average molecular weight is 431 g/mol. The predicted octanol–water partition coefficient (Wildman–Crippen LogP) is 3.79. The number of para-hydroxylation sites is 1. The molecule has 2 aromatic heterocycles. The van der Waals surface area contributed by atoms with Crippen LogP contribution in [0.25, 0.3) is 22.3 Å². The maximum absolute atomic E-state index is 14.1. The lowest BCUT2D eigenvalue weighted by atomic mass is 10.1. The Labute approximate surface area is 185 Å². The Hall–Kier alpha value is -4.07. The lowest BCUT2D eigenvalue weighted by molar-refractivity contribution is 0.0940. The molecule has 0 saturated carbocycles. The number of aromatic nitrogens is 3. The van der Waals surface area contributed by atoms with Crippen LogP contribution in [0.3, 0.4) is 0 Å². The molecule has 0 aliphatic carbocycles. The normalized spacial score (nSPS) is 15.8. The molecule has 7 nitrogen and oxygen atoms in total. The van der Waals surface area contributed by atoms with E-state index in [-0.39, 0.29) is 24.9 Å². The highest BCUT2D eigenvalue weighted by molar-refractivity contribution is 5.94. The van der Waals surface area contributed by atoms with Gasteiger partial charge in [0.25, 0.3) is 5.91 Å². The van der Waals surface area contributed by atoms with Crippen LogP contribution in [-0.4, -0.2) is 45.1 Å². The molecular formula is C24H22FN5O2. The molecular weight excluding hydrogens is 409 g/mol. The van der Waals surface area contributed by atoms with Gasteiger partial charge in [-0.2, -0.15) is 0 Å². The summed E-state index contributed by atoms with van der Waals surface area (Å²) in [6.45, 7) is 1.16. The second-order valence-corrected chi connectivity index (χ2v) is 7.70. The van der Waals surface area contributed by atoms with Gasteiger partial charge in [-0.15, -0.1) is 0 Å². The van der Waals surface area contributed by atoms with Gasteiger partial charge in [-0.05, 0) is 48.9 Å². The Morgan fingerprint density at radius 3 is 2.84 bits per heavy atom. The fraction of sp³-hybridized carbons (Fsp3) is 0.167. The number of anilines is 1. The molecule has 0 radical (unpaired) electrons. The number of nitrogens with one attached hydrogen (secondary N) is 1. The zero-order valence-electron chi connectivity index (χ0n) is 17.1. The zero-order chi connectivity index (χ0) is 22.1. The number of benzene rings is 2. The highest BCUT2D eigenvalue weighted by Crippen LogP contribution is 2.33. The summed E-state index contributed by atoms with van der Waals surface area (Å²) in [5.74, 6) is 0.450. The van der Waals surface area contributed by atoms with Crippen LogP contribution in [0.4, 0.5) is 10.2 Å². The van der Waals surface area contributed by atoms with Gasteiger partial charge in [-0.25, -0.2) is 14.4 Å². The minimum atomic E-state index is -0.377. The second-order valence-electron chi connectivity index (χ2n) is 7.70. The Balaban J connectivity index is 0.00000259. The number of hydrogen-bond donors (Lipinski definition) is 2. The Morgan fingerprint density at radius 1 is 1.16 bits per heavy atom. The monoisotopic (exact) mass is 431 g/mol. The number of pyridine rings is 1. The summed E-state index contributed by atoms with van der Waals surface area (Å²) in [6, 6.07) is 14.6. The Bertz CT molecular complexity index is 1300. The summed E-state index contributed by atoms with van der Waals surface area (Å²) < 4.78 is 14.1. The van der Waals surface area contributed by atoms with E-state index in [1.54, 1.807) is 48.7 Å². The molecule has 2 aromatic carbocycles. The van der Waals surface area contributed by atoms with Crippen molar-refractivity contribution >= 4 is 22.6 Å². The smallest absolute Gasteiger partial charge is 0.253 e. The van der Waals surface area contributed by atoms with E-state index >= 15 is 0 Å². The summed E-state index contributed by atoms with van der Waals surface area (Å²) >= 11 is 0. The quantitative estimate of drug-likeness (QED) is 0.511. The van der Waals surface area contributed by atoms with Gasteiger partial charge in [-0.3, -0.25) is 9.78 Å². The first kappa shape index (κ1) is 19.9. The van der Waals surface area contributed by atoms with Gasteiger partial charge in [-0.1, -0.05) is 12.1 Å². The van der Waals surface area contributed by atoms with E-state index in [2.05, 4.69) is 15.3 Å². The molecule has 0 unspecified atom stereocenters. The number of amides is 1. The van der Waals surface area contributed by atoms with Crippen molar-refractivity contribution in [2.24, 2.45) is 0 Å². The lowest BCUT2D eigenvalue weighted by Gasteiger charge is -2.21. The molecule has 8 heteroatoms. The van der Waals surface area contributed by atoms with E-state index in [1.165, 1.54) is 18.3 Å². The van der Waals surface area contributed by atoms with Crippen LogP contribution in [-0.2, 0) is 0 Å². The minimum Gasteiger partial charge on any atom is -0.507 e. The number of rotatable bonds is 4. The van der Waals surface area contributed by atoms with Crippen molar-refractivity contribution in [3.05, 3.63) is 78.4 Å². The zero-order valence-corrected chi connectivity index (χ0v) is 17.1. The standard InChI is InChI=1S/C24H20FN5O2.H2/c25-16-7-8-20-19(12-16)23(29-22(28-20)18-5-1-2-6-21(18)31)30-11-9-17(14-30)27-24(32)15-4-3-10-26-13-15;/h1-8,10,12-13,17,31H,9,11,14H2,(H,27,32);1H/t17-;/m0./s1. The second kappa shape index (κ2) is 8.22. The number of nitrogens with zero attached hydrogens (tertiary/aromatic N) is 4. The third-order valence-electron chi connectivity index (χ3n) is 5.53. The van der Waals surface area contributed by atoms with Crippen molar-refractivity contribution in [3.8, 4) is 17.1 Å². The van der Waals surface area contributed by atoms with Crippen LogP contribution in [0, 0.1) is 5.82 Å². The number of phenols is 1. The van der Waals surface area contributed by atoms with Crippen molar-refractivity contribution in [2.75, 3.05) is 18.0 Å².